The number of benzene rings is 1. The minimum absolute atomic E-state index is 0.357. The number of carboxylic acids is 1. The standard InChI is InChI=1S/C15H19N3O3/c1-3-4-8-12(14(19)20)17-15(21)18(2)13-9-6-5-7-11(13)10-16/h5-7,9,12H,3-4,8H2,1-2H3,(H,17,21)(H,19,20). The predicted octanol–water partition coefficient (Wildman–Crippen LogP) is 2.35. The Morgan fingerprint density at radius 2 is 2.10 bits per heavy atom. The lowest BCUT2D eigenvalue weighted by atomic mass is 10.1. The second-order valence-electron chi connectivity index (χ2n) is 4.67. The van der Waals surface area contributed by atoms with E-state index in [0.29, 0.717) is 17.7 Å². The minimum Gasteiger partial charge on any atom is -0.480 e. The average Bonchev–Trinajstić information content (AvgIpc) is 2.49. The molecular formula is C15H19N3O3. The molecule has 21 heavy (non-hydrogen) atoms. The molecule has 6 heteroatoms. The quantitative estimate of drug-likeness (QED) is 0.840. The lowest BCUT2D eigenvalue weighted by molar-refractivity contribution is -0.139. The summed E-state index contributed by atoms with van der Waals surface area (Å²) in [7, 11) is 1.50. The van der Waals surface area contributed by atoms with E-state index in [0.717, 1.165) is 12.8 Å². The third kappa shape index (κ3) is 4.49. The highest BCUT2D eigenvalue weighted by atomic mass is 16.4. The van der Waals surface area contributed by atoms with Crippen LogP contribution in [0.15, 0.2) is 24.3 Å². The second kappa shape index (κ2) is 7.90. The van der Waals surface area contributed by atoms with E-state index < -0.39 is 18.0 Å². The Kier molecular flexibility index (Phi) is 6.21. The number of carboxylic acid groups (broad SMARTS) is 1. The van der Waals surface area contributed by atoms with E-state index in [-0.39, 0.29) is 0 Å². The number of nitrogens with zero attached hydrogens (tertiary/aromatic N) is 2. The van der Waals surface area contributed by atoms with Crippen LogP contribution in [0.1, 0.15) is 31.7 Å². The van der Waals surface area contributed by atoms with Crippen molar-refractivity contribution < 1.29 is 14.7 Å². The molecule has 0 aliphatic carbocycles. The Hall–Kier alpha value is -2.55. The molecule has 112 valence electrons. The molecule has 0 saturated heterocycles. The van der Waals surface area contributed by atoms with Crippen molar-refractivity contribution in [3.63, 3.8) is 0 Å². The number of carbonyl (C=O) groups excluding carboxylic acids is 1. The fraction of sp³-hybridized carbons (Fsp3) is 0.400. The maximum atomic E-state index is 12.1. The third-order valence-corrected chi connectivity index (χ3v) is 3.13. The monoisotopic (exact) mass is 289 g/mol. The summed E-state index contributed by atoms with van der Waals surface area (Å²) < 4.78 is 0. The Morgan fingerprint density at radius 1 is 1.43 bits per heavy atom. The van der Waals surface area contributed by atoms with Gasteiger partial charge < -0.3 is 10.4 Å². The maximum Gasteiger partial charge on any atom is 0.326 e. The first-order chi connectivity index (χ1) is 10.0. The Morgan fingerprint density at radius 3 is 2.67 bits per heavy atom. The van der Waals surface area contributed by atoms with Gasteiger partial charge in [0.2, 0.25) is 0 Å². The maximum absolute atomic E-state index is 12.1. The minimum atomic E-state index is -1.06. The molecule has 1 aromatic carbocycles. The van der Waals surface area contributed by atoms with Crippen LogP contribution in [0.2, 0.25) is 0 Å². The molecule has 0 aliphatic rings. The van der Waals surface area contributed by atoms with Gasteiger partial charge in [-0.1, -0.05) is 31.9 Å². The topological polar surface area (TPSA) is 93.4 Å². The van der Waals surface area contributed by atoms with Crippen LogP contribution in [-0.2, 0) is 4.79 Å². The summed E-state index contributed by atoms with van der Waals surface area (Å²) in [5, 5.41) is 20.6. The number of carbonyl (C=O) groups is 2. The zero-order valence-electron chi connectivity index (χ0n) is 12.2. The van der Waals surface area contributed by atoms with Gasteiger partial charge in [-0.2, -0.15) is 5.26 Å². The number of urea groups is 1. The largest absolute Gasteiger partial charge is 0.480 e. The summed E-state index contributed by atoms with van der Waals surface area (Å²) in [6.45, 7) is 1.95. The fourth-order valence-corrected chi connectivity index (χ4v) is 1.88. The third-order valence-electron chi connectivity index (χ3n) is 3.13. The number of anilines is 1. The van der Waals surface area contributed by atoms with E-state index in [2.05, 4.69) is 5.32 Å². The van der Waals surface area contributed by atoms with Gasteiger partial charge in [-0.25, -0.2) is 9.59 Å². The van der Waals surface area contributed by atoms with Crippen molar-refractivity contribution in [1.82, 2.24) is 5.32 Å². The summed E-state index contributed by atoms with van der Waals surface area (Å²) in [5.41, 5.74) is 0.799. The van der Waals surface area contributed by atoms with Crippen LogP contribution in [0.25, 0.3) is 0 Å². The molecule has 0 aromatic heterocycles. The van der Waals surface area contributed by atoms with Gasteiger partial charge in [-0.3, -0.25) is 4.90 Å². The summed E-state index contributed by atoms with van der Waals surface area (Å²) in [4.78, 5) is 24.5. The molecule has 0 fully saturated rings. The highest BCUT2D eigenvalue weighted by Gasteiger charge is 2.22. The molecule has 1 rings (SSSR count). The lowest BCUT2D eigenvalue weighted by Crippen LogP contribution is -2.47. The van der Waals surface area contributed by atoms with Crippen LogP contribution in [0.3, 0.4) is 0 Å². The summed E-state index contributed by atoms with van der Waals surface area (Å²) in [6.07, 6.45) is 1.95. The molecule has 0 bridgehead atoms. The molecule has 2 N–H and O–H groups in total. The average molecular weight is 289 g/mol. The SMILES string of the molecule is CCCCC(NC(=O)N(C)c1ccccc1C#N)C(=O)O. The van der Waals surface area contributed by atoms with Crippen molar-refractivity contribution in [1.29, 1.82) is 5.26 Å². The number of nitriles is 1. The van der Waals surface area contributed by atoms with Crippen molar-refractivity contribution in [3.05, 3.63) is 29.8 Å². The van der Waals surface area contributed by atoms with Crippen molar-refractivity contribution >= 4 is 17.7 Å². The van der Waals surface area contributed by atoms with Gasteiger partial charge in [-0.15, -0.1) is 0 Å². The molecule has 0 aliphatic heterocycles. The van der Waals surface area contributed by atoms with Crippen LogP contribution >= 0.6 is 0 Å². The highest BCUT2D eigenvalue weighted by Crippen LogP contribution is 2.18. The van der Waals surface area contributed by atoms with Crippen LogP contribution in [-0.4, -0.2) is 30.2 Å². The van der Waals surface area contributed by atoms with Gasteiger partial charge in [-0.05, 0) is 18.6 Å². The number of hydrogen-bond acceptors (Lipinski definition) is 3. The predicted molar refractivity (Wildman–Crippen MR) is 79.0 cm³/mol. The number of para-hydroxylation sites is 1. The van der Waals surface area contributed by atoms with Crippen LogP contribution in [0.5, 0.6) is 0 Å². The van der Waals surface area contributed by atoms with Crippen LogP contribution in [0, 0.1) is 11.3 Å². The van der Waals surface area contributed by atoms with E-state index >= 15 is 0 Å². The summed E-state index contributed by atoms with van der Waals surface area (Å²) >= 11 is 0. The number of amides is 2. The number of unbranched alkanes of at least 4 members (excludes halogenated alkanes) is 1. The second-order valence-corrected chi connectivity index (χ2v) is 4.67. The normalized spacial score (nSPS) is 11.3. The molecule has 0 heterocycles. The van der Waals surface area contributed by atoms with Crippen molar-refractivity contribution in [2.75, 3.05) is 11.9 Å². The van der Waals surface area contributed by atoms with Gasteiger partial charge in [0.25, 0.3) is 0 Å². The zero-order valence-corrected chi connectivity index (χ0v) is 12.2. The van der Waals surface area contributed by atoms with Gasteiger partial charge in [0.1, 0.15) is 12.1 Å². The number of aliphatic carboxylic acids is 1. The van der Waals surface area contributed by atoms with E-state index in [9.17, 15) is 9.59 Å². The molecule has 0 spiro atoms. The molecule has 2 amide bonds. The lowest BCUT2D eigenvalue weighted by Gasteiger charge is -2.22. The molecule has 0 saturated carbocycles. The van der Waals surface area contributed by atoms with Crippen LogP contribution in [0.4, 0.5) is 10.5 Å². The van der Waals surface area contributed by atoms with Crippen molar-refractivity contribution in [2.45, 2.75) is 32.2 Å². The Balaban J connectivity index is 2.82. The van der Waals surface area contributed by atoms with E-state index in [1.165, 1.54) is 11.9 Å². The fourth-order valence-electron chi connectivity index (χ4n) is 1.88. The molecule has 6 nitrogen and oxygen atoms in total. The Labute approximate surface area is 124 Å². The first-order valence-corrected chi connectivity index (χ1v) is 6.77. The van der Waals surface area contributed by atoms with Crippen LogP contribution < -0.4 is 10.2 Å². The van der Waals surface area contributed by atoms with Gasteiger partial charge >= 0.3 is 12.0 Å². The number of hydrogen-bond donors (Lipinski definition) is 2. The summed E-state index contributed by atoms with van der Waals surface area (Å²) in [5.74, 6) is -1.06. The van der Waals surface area contributed by atoms with Gasteiger partial charge in [0.05, 0.1) is 11.3 Å². The first kappa shape index (κ1) is 16.5. The molecule has 1 unspecified atom stereocenters. The van der Waals surface area contributed by atoms with E-state index in [1.807, 2.05) is 13.0 Å². The van der Waals surface area contributed by atoms with Gasteiger partial charge in [0, 0.05) is 7.05 Å². The molecule has 1 atom stereocenters. The Bertz CT molecular complexity index is 551. The molecule has 1 aromatic rings. The first-order valence-electron chi connectivity index (χ1n) is 6.77. The summed E-state index contributed by atoms with van der Waals surface area (Å²) in [6, 6.07) is 7.20. The van der Waals surface area contributed by atoms with Gasteiger partial charge in [0.15, 0.2) is 0 Å². The molecular weight excluding hydrogens is 270 g/mol. The van der Waals surface area contributed by atoms with E-state index in [1.54, 1.807) is 24.3 Å². The smallest absolute Gasteiger partial charge is 0.326 e. The van der Waals surface area contributed by atoms with Crippen molar-refractivity contribution in [3.8, 4) is 6.07 Å². The van der Waals surface area contributed by atoms with Crippen molar-refractivity contribution in [2.24, 2.45) is 0 Å². The number of nitrogens with one attached hydrogen (secondary N) is 1. The number of rotatable bonds is 6. The van der Waals surface area contributed by atoms with E-state index in [4.69, 9.17) is 10.4 Å². The highest BCUT2D eigenvalue weighted by molar-refractivity contribution is 5.95. The zero-order chi connectivity index (χ0) is 15.8. The molecule has 0 radical (unpaired) electrons.